The van der Waals surface area contributed by atoms with Crippen molar-refractivity contribution in [2.45, 2.75) is 25.8 Å². The van der Waals surface area contributed by atoms with E-state index in [1.165, 1.54) is 28.2 Å². The van der Waals surface area contributed by atoms with E-state index in [2.05, 4.69) is 5.32 Å². The van der Waals surface area contributed by atoms with Gasteiger partial charge in [0.25, 0.3) is 5.91 Å². The highest BCUT2D eigenvalue weighted by atomic mass is 32.1. The number of amides is 1. The summed E-state index contributed by atoms with van der Waals surface area (Å²) >= 11 is 1.49. The minimum atomic E-state index is -0.408. The number of rotatable bonds is 5. The molecule has 0 unspecified atom stereocenters. The zero-order valence-corrected chi connectivity index (χ0v) is 12.9. The van der Waals surface area contributed by atoms with Crippen molar-refractivity contribution >= 4 is 23.2 Å². The van der Waals surface area contributed by atoms with Gasteiger partial charge in [0.2, 0.25) is 0 Å². The van der Waals surface area contributed by atoms with E-state index < -0.39 is 5.97 Å². The Balaban J connectivity index is 1.45. The second-order valence-corrected chi connectivity index (χ2v) is 6.39. The molecule has 0 aliphatic heterocycles. The highest BCUT2D eigenvalue weighted by Crippen LogP contribution is 2.30. The second kappa shape index (κ2) is 6.75. The number of aryl methyl sites for hydroxylation is 2. The van der Waals surface area contributed by atoms with Crippen molar-refractivity contribution in [1.29, 1.82) is 0 Å². The molecule has 1 N–H and O–H groups in total. The number of thiophene rings is 1. The average Bonchev–Trinajstić information content (AvgIpc) is 3.13. The van der Waals surface area contributed by atoms with E-state index in [0.717, 1.165) is 18.4 Å². The van der Waals surface area contributed by atoms with Gasteiger partial charge in [-0.1, -0.05) is 30.3 Å². The molecule has 22 heavy (non-hydrogen) atoms. The molecular weight excluding hydrogens is 298 g/mol. The molecule has 1 aromatic carbocycles. The third-order valence-electron chi connectivity index (χ3n) is 3.61. The number of hydrogen-bond acceptors (Lipinski definition) is 4. The summed E-state index contributed by atoms with van der Waals surface area (Å²) in [4.78, 5) is 25.5. The first kappa shape index (κ1) is 14.8. The second-order valence-electron chi connectivity index (χ2n) is 5.25. The first-order chi connectivity index (χ1) is 10.7. The minimum Gasteiger partial charge on any atom is -0.451 e. The largest absolute Gasteiger partial charge is 0.451 e. The van der Waals surface area contributed by atoms with Crippen LogP contribution >= 0.6 is 11.3 Å². The summed E-state index contributed by atoms with van der Waals surface area (Å²) < 4.78 is 5.07. The molecule has 0 saturated carbocycles. The maximum Gasteiger partial charge on any atom is 0.348 e. The number of carbonyl (C=O) groups is 2. The molecule has 3 rings (SSSR count). The van der Waals surface area contributed by atoms with Gasteiger partial charge in [-0.05, 0) is 36.5 Å². The summed E-state index contributed by atoms with van der Waals surface area (Å²) in [6.45, 7) is 0.193. The van der Waals surface area contributed by atoms with E-state index in [9.17, 15) is 9.59 Å². The van der Waals surface area contributed by atoms with Crippen LogP contribution in [-0.2, 0) is 28.9 Å². The molecule has 1 aliphatic carbocycles. The fraction of sp³-hybridized carbons (Fsp3) is 0.294. The van der Waals surface area contributed by atoms with Gasteiger partial charge in [-0.25, -0.2) is 4.79 Å². The smallest absolute Gasteiger partial charge is 0.348 e. The zero-order valence-electron chi connectivity index (χ0n) is 12.1. The van der Waals surface area contributed by atoms with Crippen LogP contribution in [0.4, 0.5) is 0 Å². The predicted molar refractivity (Wildman–Crippen MR) is 84.9 cm³/mol. The van der Waals surface area contributed by atoms with Gasteiger partial charge in [0.1, 0.15) is 4.88 Å². The van der Waals surface area contributed by atoms with E-state index in [1.54, 1.807) is 0 Å². The van der Waals surface area contributed by atoms with E-state index in [4.69, 9.17) is 4.74 Å². The summed E-state index contributed by atoms with van der Waals surface area (Å²) in [5.41, 5.74) is 2.27. The molecule has 114 valence electrons. The third-order valence-corrected chi connectivity index (χ3v) is 4.83. The summed E-state index contributed by atoms with van der Waals surface area (Å²) in [6.07, 6.45) is 3.25. The van der Waals surface area contributed by atoms with Crippen LogP contribution in [-0.4, -0.2) is 18.5 Å². The highest BCUT2D eigenvalue weighted by molar-refractivity contribution is 7.14. The Kier molecular flexibility index (Phi) is 4.53. The van der Waals surface area contributed by atoms with Crippen molar-refractivity contribution in [2.24, 2.45) is 0 Å². The Labute approximate surface area is 133 Å². The fourth-order valence-electron chi connectivity index (χ4n) is 2.48. The molecule has 1 aliphatic rings. The number of carbonyl (C=O) groups excluding carboxylic acids is 2. The summed E-state index contributed by atoms with van der Waals surface area (Å²) in [7, 11) is 0. The maximum absolute atomic E-state index is 11.9. The highest BCUT2D eigenvalue weighted by Gasteiger charge is 2.19. The quantitative estimate of drug-likeness (QED) is 0.863. The van der Waals surface area contributed by atoms with Gasteiger partial charge in [0.05, 0.1) is 0 Å². The molecule has 0 spiro atoms. The lowest BCUT2D eigenvalue weighted by atomic mass is 10.2. The van der Waals surface area contributed by atoms with Crippen molar-refractivity contribution in [2.75, 3.05) is 6.61 Å². The van der Waals surface area contributed by atoms with Crippen LogP contribution in [0.1, 0.15) is 32.1 Å². The zero-order chi connectivity index (χ0) is 15.4. The number of esters is 1. The van der Waals surface area contributed by atoms with E-state index in [1.807, 2.05) is 36.4 Å². The topological polar surface area (TPSA) is 55.4 Å². The average molecular weight is 315 g/mol. The van der Waals surface area contributed by atoms with Crippen LogP contribution in [0.2, 0.25) is 0 Å². The molecule has 0 radical (unpaired) electrons. The molecule has 0 atom stereocenters. The fourth-order valence-corrected chi connectivity index (χ4v) is 3.63. The normalized spacial score (nSPS) is 12.7. The van der Waals surface area contributed by atoms with E-state index in [0.29, 0.717) is 11.4 Å². The Morgan fingerprint density at radius 2 is 2.00 bits per heavy atom. The van der Waals surface area contributed by atoms with E-state index in [-0.39, 0.29) is 12.5 Å². The molecule has 1 amide bonds. The number of fused-ring (bicyclic) bond motifs is 1. The molecule has 0 fully saturated rings. The van der Waals surface area contributed by atoms with Crippen LogP contribution < -0.4 is 5.32 Å². The van der Waals surface area contributed by atoms with Crippen LogP contribution in [0.15, 0.2) is 36.4 Å². The predicted octanol–water partition coefficient (Wildman–Crippen LogP) is 2.71. The number of hydrogen-bond donors (Lipinski definition) is 1. The minimum absolute atomic E-state index is 0.242. The lowest BCUT2D eigenvalue weighted by Crippen LogP contribution is -2.28. The van der Waals surface area contributed by atoms with Gasteiger partial charge in [-0.15, -0.1) is 11.3 Å². The van der Waals surface area contributed by atoms with Crippen LogP contribution in [0.5, 0.6) is 0 Å². The van der Waals surface area contributed by atoms with Crippen LogP contribution in [0.25, 0.3) is 0 Å². The van der Waals surface area contributed by atoms with Crippen LogP contribution in [0.3, 0.4) is 0 Å². The standard InChI is InChI=1S/C17H17NO3S/c19-16(18-10-12-5-2-1-3-6-12)11-21-17(20)15-9-13-7-4-8-14(13)22-15/h1-3,5-6,9H,4,7-8,10-11H2,(H,18,19). The Hall–Kier alpha value is -2.14. The van der Waals surface area contributed by atoms with Crippen molar-refractivity contribution in [3.63, 3.8) is 0 Å². The lowest BCUT2D eigenvalue weighted by Gasteiger charge is -2.06. The molecule has 5 heteroatoms. The molecular formula is C17H17NO3S. The van der Waals surface area contributed by atoms with Crippen molar-refractivity contribution in [3.8, 4) is 0 Å². The maximum atomic E-state index is 11.9. The van der Waals surface area contributed by atoms with Gasteiger partial charge in [-0.3, -0.25) is 4.79 Å². The number of nitrogens with one attached hydrogen (secondary N) is 1. The van der Waals surface area contributed by atoms with E-state index >= 15 is 0 Å². The third kappa shape index (κ3) is 3.54. The van der Waals surface area contributed by atoms with Gasteiger partial charge in [0.15, 0.2) is 6.61 Å². The molecule has 4 nitrogen and oxygen atoms in total. The number of benzene rings is 1. The van der Waals surface area contributed by atoms with Gasteiger partial charge < -0.3 is 10.1 Å². The van der Waals surface area contributed by atoms with Gasteiger partial charge >= 0.3 is 5.97 Å². The summed E-state index contributed by atoms with van der Waals surface area (Å²) in [6, 6.07) is 11.5. The Morgan fingerprint density at radius 3 is 2.77 bits per heavy atom. The van der Waals surface area contributed by atoms with Crippen molar-refractivity contribution in [1.82, 2.24) is 5.32 Å². The molecule has 1 aromatic heterocycles. The summed E-state index contributed by atoms with van der Waals surface area (Å²) in [5.74, 6) is -0.699. The number of ether oxygens (including phenoxy) is 1. The Bertz CT molecular complexity index is 657. The SMILES string of the molecule is O=C(COC(=O)c1cc2c(s1)CCC2)NCc1ccccc1. The molecule has 0 saturated heterocycles. The van der Waals surface area contributed by atoms with Crippen LogP contribution in [0, 0.1) is 0 Å². The molecule has 2 aromatic rings. The Morgan fingerprint density at radius 1 is 1.18 bits per heavy atom. The first-order valence-electron chi connectivity index (χ1n) is 7.32. The van der Waals surface area contributed by atoms with Crippen molar-refractivity contribution < 1.29 is 14.3 Å². The van der Waals surface area contributed by atoms with Crippen molar-refractivity contribution in [3.05, 3.63) is 57.3 Å². The van der Waals surface area contributed by atoms with Gasteiger partial charge in [0, 0.05) is 11.4 Å². The first-order valence-corrected chi connectivity index (χ1v) is 8.13. The molecule has 0 bridgehead atoms. The monoisotopic (exact) mass is 315 g/mol. The van der Waals surface area contributed by atoms with Gasteiger partial charge in [-0.2, -0.15) is 0 Å². The summed E-state index contributed by atoms with van der Waals surface area (Å²) in [5, 5.41) is 2.73. The molecule has 1 heterocycles. The lowest BCUT2D eigenvalue weighted by molar-refractivity contribution is -0.124.